The number of hydrogen-bond acceptors (Lipinski definition) is 3. The second kappa shape index (κ2) is 7.22. The number of carbonyl (C=O) groups excluding carboxylic acids is 1. The molecule has 0 aliphatic rings. The Morgan fingerprint density at radius 3 is 2.55 bits per heavy atom. The summed E-state index contributed by atoms with van der Waals surface area (Å²) in [6.45, 7) is 2.36. The van der Waals surface area contributed by atoms with Crippen molar-refractivity contribution >= 4 is 17.2 Å². The van der Waals surface area contributed by atoms with Crippen LogP contribution < -0.4 is 5.32 Å². The number of aliphatic hydroxyl groups is 1. The summed E-state index contributed by atoms with van der Waals surface area (Å²) in [5.41, 5.74) is 2.26. The van der Waals surface area contributed by atoms with Crippen molar-refractivity contribution in [3.8, 4) is 0 Å². The lowest BCUT2D eigenvalue weighted by Gasteiger charge is -2.10. The normalized spacial score (nSPS) is 12.1. The van der Waals surface area contributed by atoms with Gasteiger partial charge in [0.05, 0.1) is 6.42 Å². The molecule has 2 N–H and O–H groups in total. The number of rotatable bonds is 6. The molecule has 106 valence electrons. The Balaban J connectivity index is 1.80. The molecule has 0 radical (unpaired) electrons. The van der Waals surface area contributed by atoms with E-state index in [1.54, 1.807) is 0 Å². The van der Waals surface area contributed by atoms with Crippen LogP contribution in [0.5, 0.6) is 0 Å². The van der Waals surface area contributed by atoms with Gasteiger partial charge < -0.3 is 10.4 Å². The summed E-state index contributed by atoms with van der Waals surface area (Å²) in [4.78, 5) is 12.7. The van der Waals surface area contributed by atoms with Crippen LogP contribution >= 0.6 is 11.3 Å². The van der Waals surface area contributed by atoms with Gasteiger partial charge in [-0.2, -0.15) is 0 Å². The number of aliphatic hydroxyl groups excluding tert-OH is 1. The maximum absolute atomic E-state index is 11.8. The van der Waals surface area contributed by atoms with Gasteiger partial charge in [-0.1, -0.05) is 37.3 Å². The molecule has 1 heterocycles. The van der Waals surface area contributed by atoms with Gasteiger partial charge in [0.2, 0.25) is 5.91 Å². The Labute approximate surface area is 123 Å². The van der Waals surface area contributed by atoms with E-state index in [4.69, 9.17) is 0 Å². The zero-order chi connectivity index (χ0) is 14.4. The van der Waals surface area contributed by atoms with E-state index in [-0.39, 0.29) is 12.5 Å². The van der Waals surface area contributed by atoms with Crippen LogP contribution in [0.1, 0.15) is 29.0 Å². The van der Waals surface area contributed by atoms with Gasteiger partial charge in [0.25, 0.3) is 0 Å². The van der Waals surface area contributed by atoms with Crippen LogP contribution in [0.25, 0.3) is 0 Å². The maximum Gasteiger partial charge on any atom is 0.224 e. The maximum atomic E-state index is 11.8. The standard InChI is InChI=1S/C16H19NO2S/c1-2-12-5-7-13(8-6-12)10-16(19)17-11-14(18)15-4-3-9-20-15/h3-9,14,18H,2,10-11H2,1H3,(H,17,19)/t14-/m1/s1. The number of amides is 1. The van der Waals surface area contributed by atoms with Crippen LogP contribution in [0.3, 0.4) is 0 Å². The summed E-state index contributed by atoms with van der Waals surface area (Å²) in [7, 11) is 0. The molecule has 0 bridgehead atoms. The molecule has 2 rings (SSSR count). The molecule has 2 aromatic rings. The number of thiophene rings is 1. The molecular weight excluding hydrogens is 270 g/mol. The monoisotopic (exact) mass is 289 g/mol. The molecule has 3 nitrogen and oxygen atoms in total. The Morgan fingerprint density at radius 2 is 1.95 bits per heavy atom. The van der Waals surface area contributed by atoms with Gasteiger partial charge in [0, 0.05) is 11.4 Å². The van der Waals surface area contributed by atoms with Crippen LogP contribution in [-0.4, -0.2) is 17.6 Å². The number of hydrogen-bond donors (Lipinski definition) is 2. The molecule has 0 saturated carbocycles. The summed E-state index contributed by atoms with van der Waals surface area (Å²) in [5.74, 6) is -0.0649. The lowest BCUT2D eigenvalue weighted by molar-refractivity contribution is -0.120. The predicted molar refractivity (Wildman–Crippen MR) is 81.8 cm³/mol. The highest BCUT2D eigenvalue weighted by atomic mass is 32.1. The summed E-state index contributed by atoms with van der Waals surface area (Å²) >= 11 is 1.49. The molecule has 1 amide bonds. The molecule has 1 atom stereocenters. The van der Waals surface area contributed by atoms with Crippen molar-refractivity contribution in [1.82, 2.24) is 5.32 Å². The van der Waals surface area contributed by atoms with E-state index in [0.717, 1.165) is 16.9 Å². The first-order chi connectivity index (χ1) is 9.69. The van der Waals surface area contributed by atoms with Gasteiger partial charge in [-0.15, -0.1) is 11.3 Å². The third-order valence-corrected chi connectivity index (χ3v) is 4.13. The predicted octanol–water partition coefficient (Wildman–Crippen LogP) is 2.70. The minimum Gasteiger partial charge on any atom is -0.386 e. The number of benzene rings is 1. The molecular formula is C16H19NO2S. The Morgan fingerprint density at radius 1 is 1.25 bits per heavy atom. The van der Waals surface area contributed by atoms with Crippen molar-refractivity contribution in [2.24, 2.45) is 0 Å². The molecule has 4 heteroatoms. The molecule has 1 aromatic carbocycles. The average Bonchev–Trinajstić information content (AvgIpc) is 3.00. The van der Waals surface area contributed by atoms with Crippen molar-refractivity contribution < 1.29 is 9.90 Å². The fourth-order valence-electron chi connectivity index (χ4n) is 1.93. The van der Waals surface area contributed by atoms with Crippen molar-refractivity contribution in [1.29, 1.82) is 0 Å². The molecule has 0 aliphatic heterocycles. The van der Waals surface area contributed by atoms with Crippen molar-refractivity contribution in [3.63, 3.8) is 0 Å². The molecule has 1 aromatic heterocycles. The van der Waals surface area contributed by atoms with E-state index in [1.165, 1.54) is 16.9 Å². The van der Waals surface area contributed by atoms with Gasteiger partial charge >= 0.3 is 0 Å². The minimum atomic E-state index is -0.624. The Kier molecular flexibility index (Phi) is 5.32. The fourth-order valence-corrected chi connectivity index (χ4v) is 2.64. The smallest absolute Gasteiger partial charge is 0.224 e. The van der Waals surface area contributed by atoms with Gasteiger partial charge in [-0.25, -0.2) is 0 Å². The zero-order valence-electron chi connectivity index (χ0n) is 11.5. The SMILES string of the molecule is CCc1ccc(CC(=O)NC[C@@H](O)c2cccs2)cc1. The number of nitrogens with one attached hydrogen (secondary N) is 1. The highest BCUT2D eigenvalue weighted by Crippen LogP contribution is 2.17. The second-order valence-corrected chi connectivity index (χ2v) is 5.66. The molecule has 0 unspecified atom stereocenters. The first-order valence-corrected chi connectivity index (χ1v) is 7.63. The molecule has 0 spiro atoms. The molecule has 20 heavy (non-hydrogen) atoms. The number of carbonyl (C=O) groups is 1. The highest BCUT2D eigenvalue weighted by Gasteiger charge is 2.10. The third kappa shape index (κ3) is 4.18. The van der Waals surface area contributed by atoms with Gasteiger partial charge in [-0.05, 0) is 29.0 Å². The summed E-state index contributed by atoms with van der Waals surface area (Å²) in [6, 6.07) is 11.8. The highest BCUT2D eigenvalue weighted by molar-refractivity contribution is 7.10. The zero-order valence-corrected chi connectivity index (χ0v) is 12.3. The van der Waals surface area contributed by atoms with E-state index in [0.29, 0.717) is 6.42 Å². The summed E-state index contributed by atoms with van der Waals surface area (Å²) < 4.78 is 0. The van der Waals surface area contributed by atoms with Crippen LogP contribution in [0, 0.1) is 0 Å². The summed E-state index contributed by atoms with van der Waals surface area (Å²) in [6.07, 6.45) is 0.724. The van der Waals surface area contributed by atoms with Crippen LogP contribution in [0.2, 0.25) is 0 Å². The topological polar surface area (TPSA) is 49.3 Å². The largest absolute Gasteiger partial charge is 0.386 e. The molecule has 0 fully saturated rings. The van der Waals surface area contributed by atoms with Gasteiger partial charge in [-0.3, -0.25) is 4.79 Å². The third-order valence-electron chi connectivity index (χ3n) is 3.16. The minimum absolute atomic E-state index is 0.0649. The van der Waals surface area contributed by atoms with E-state index in [2.05, 4.69) is 12.2 Å². The van der Waals surface area contributed by atoms with Crippen molar-refractivity contribution in [3.05, 3.63) is 57.8 Å². The first kappa shape index (κ1) is 14.8. The van der Waals surface area contributed by atoms with Crippen molar-refractivity contribution in [2.75, 3.05) is 6.54 Å². The van der Waals surface area contributed by atoms with Gasteiger partial charge in [0.15, 0.2) is 0 Å². The average molecular weight is 289 g/mol. The van der Waals surface area contributed by atoms with Crippen LogP contribution in [0.4, 0.5) is 0 Å². The van der Waals surface area contributed by atoms with E-state index in [9.17, 15) is 9.90 Å². The Bertz CT molecular complexity index is 534. The quantitative estimate of drug-likeness (QED) is 0.859. The first-order valence-electron chi connectivity index (χ1n) is 6.75. The van der Waals surface area contributed by atoms with E-state index >= 15 is 0 Å². The van der Waals surface area contributed by atoms with E-state index < -0.39 is 6.10 Å². The van der Waals surface area contributed by atoms with Crippen LogP contribution in [0.15, 0.2) is 41.8 Å². The molecule has 0 saturated heterocycles. The van der Waals surface area contributed by atoms with E-state index in [1.807, 2.05) is 41.8 Å². The second-order valence-electron chi connectivity index (χ2n) is 4.68. The van der Waals surface area contributed by atoms with Crippen LogP contribution in [-0.2, 0) is 17.6 Å². The Hall–Kier alpha value is -1.65. The number of aryl methyl sites for hydroxylation is 1. The fraction of sp³-hybridized carbons (Fsp3) is 0.312. The summed E-state index contributed by atoms with van der Waals surface area (Å²) in [5, 5.41) is 14.6. The van der Waals surface area contributed by atoms with Gasteiger partial charge in [0.1, 0.15) is 6.10 Å². The van der Waals surface area contributed by atoms with Crippen molar-refractivity contribution in [2.45, 2.75) is 25.9 Å². The lowest BCUT2D eigenvalue weighted by atomic mass is 10.1. The molecule has 0 aliphatic carbocycles. The lowest BCUT2D eigenvalue weighted by Crippen LogP contribution is -2.29.